The van der Waals surface area contributed by atoms with Crippen LogP contribution in [-0.2, 0) is 11.0 Å². The standard InChI is InChI=1S/C24H20F3IN2O4/c1-14-10-17(28)7-8-19(14)30-23(32)15-6-9-20(21(11-15)33-2)34-13-22(31)29-18-5-3-4-16(12-18)24(25,26)27/h3-12H,13H2,1-2H3,(H,29,31)(H,30,32). The zero-order chi connectivity index (χ0) is 24.9. The van der Waals surface area contributed by atoms with Crippen LogP contribution < -0.4 is 20.1 Å². The molecule has 3 aromatic carbocycles. The smallest absolute Gasteiger partial charge is 0.416 e. The van der Waals surface area contributed by atoms with E-state index in [2.05, 4.69) is 33.2 Å². The molecule has 0 unspecified atom stereocenters. The van der Waals surface area contributed by atoms with Crippen LogP contribution in [0.5, 0.6) is 11.5 Å². The fourth-order valence-electron chi connectivity index (χ4n) is 3.00. The number of amides is 2. The Morgan fingerprint density at radius 1 is 0.971 bits per heavy atom. The lowest BCUT2D eigenvalue weighted by atomic mass is 10.1. The van der Waals surface area contributed by atoms with Gasteiger partial charge in [0.2, 0.25) is 0 Å². The zero-order valence-electron chi connectivity index (χ0n) is 18.1. The van der Waals surface area contributed by atoms with E-state index in [9.17, 15) is 22.8 Å². The summed E-state index contributed by atoms with van der Waals surface area (Å²) in [7, 11) is 1.38. The Labute approximate surface area is 207 Å². The number of anilines is 2. The minimum Gasteiger partial charge on any atom is -0.493 e. The van der Waals surface area contributed by atoms with E-state index < -0.39 is 24.3 Å². The van der Waals surface area contributed by atoms with E-state index in [4.69, 9.17) is 9.47 Å². The molecule has 34 heavy (non-hydrogen) atoms. The van der Waals surface area contributed by atoms with Crippen LogP contribution in [0.4, 0.5) is 24.5 Å². The van der Waals surface area contributed by atoms with Crippen LogP contribution in [0.1, 0.15) is 21.5 Å². The lowest BCUT2D eigenvalue weighted by molar-refractivity contribution is -0.137. The molecule has 10 heteroatoms. The van der Waals surface area contributed by atoms with Crippen molar-refractivity contribution in [3.05, 3.63) is 80.9 Å². The third-order valence-electron chi connectivity index (χ3n) is 4.69. The van der Waals surface area contributed by atoms with E-state index >= 15 is 0 Å². The molecule has 0 bridgehead atoms. The number of methoxy groups -OCH3 is 1. The highest BCUT2D eigenvalue weighted by Crippen LogP contribution is 2.31. The van der Waals surface area contributed by atoms with Crippen LogP contribution >= 0.6 is 22.6 Å². The molecule has 3 rings (SSSR count). The van der Waals surface area contributed by atoms with E-state index in [1.807, 2.05) is 25.1 Å². The largest absolute Gasteiger partial charge is 0.493 e. The monoisotopic (exact) mass is 584 g/mol. The fraction of sp³-hybridized carbons (Fsp3) is 0.167. The molecular formula is C24H20F3IN2O4. The molecule has 3 aromatic rings. The van der Waals surface area contributed by atoms with E-state index in [1.165, 1.54) is 37.4 Å². The van der Waals surface area contributed by atoms with Crippen molar-refractivity contribution < 1.29 is 32.2 Å². The third-order valence-corrected chi connectivity index (χ3v) is 5.37. The van der Waals surface area contributed by atoms with Crippen molar-refractivity contribution in [3.63, 3.8) is 0 Å². The molecule has 0 spiro atoms. The Kier molecular flexibility index (Phi) is 8.02. The summed E-state index contributed by atoms with van der Waals surface area (Å²) < 4.78 is 50.2. The van der Waals surface area contributed by atoms with Gasteiger partial charge in [-0.15, -0.1) is 0 Å². The van der Waals surface area contributed by atoms with Gasteiger partial charge in [-0.3, -0.25) is 9.59 Å². The van der Waals surface area contributed by atoms with Crippen molar-refractivity contribution in [2.75, 3.05) is 24.4 Å². The van der Waals surface area contributed by atoms with Gasteiger partial charge in [-0.1, -0.05) is 6.07 Å². The van der Waals surface area contributed by atoms with E-state index in [1.54, 1.807) is 0 Å². The number of ether oxygens (including phenoxy) is 2. The van der Waals surface area contributed by atoms with Gasteiger partial charge < -0.3 is 20.1 Å². The molecule has 0 radical (unpaired) electrons. The van der Waals surface area contributed by atoms with Crippen molar-refractivity contribution in [2.45, 2.75) is 13.1 Å². The number of carbonyl (C=O) groups is 2. The SMILES string of the molecule is COc1cc(C(=O)Nc2ccc(I)cc2C)ccc1OCC(=O)Nc1cccc(C(F)(F)F)c1. The summed E-state index contributed by atoms with van der Waals surface area (Å²) >= 11 is 2.19. The lowest BCUT2D eigenvalue weighted by Crippen LogP contribution is -2.21. The summed E-state index contributed by atoms with van der Waals surface area (Å²) in [5, 5.41) is 5.19. The van der Waals surface area contributed by atoms with Gasteiger partial charge >= 0.3 is 6.18 Å². The van der Waals surface area contributed by atoms with Crippen LogP contribution in [-0.4, -0.2) is 25.5 Å². The van der Waals surface area contributed by atoms with Gasteiger partial charge in [0.05, 0.1) is 12.7 Å². The molecule has 0 fully saturated rings. The highest BCUT2D eigenvalue weighted by molar-refractivity contribution is 14.1. The molecule has 0 aliphatic heterocycles. The number of alkyl halides is 3. The van der Waals surface area contributed by atoms with E-state index in [0.29, 0.717) is 11.3 Å². The van der Waals surface area contributed by atoms with Gasteiger partial charge in [0.15, 0.2) is 18.1 Å². The number of aryl methyl sites for hydroxylation is 1. The Morgan fingerprint density at radius 2 is 1.74 bits per heavy atom. The second-order valence-electron chi connectivity index (χ2n) is 7.19. The fourth-order valence-corrected chi connectivity index (χ4v) is 3.65. The molecule has 2 amide bonds. The predicted octanol–water partition coefficient (Wildman–Crippen LogP) is 5.90. The second-order valence-corrected chi connectivity index (χ2v) is 8.44. The summed E-state index contributed by atoms with van der Waals surface area (Å²) in [6, 6.07) is 14.4. The molecule has 0 aromatic heterocycles. The first-order valence-electron chi connectivity index (χ1n) is 9.92. The Bertz CT molecular complexity index is 1220. The number of halogens is 4. The van der Waals surface area contributed by atoms with Gasteiger partial charge in [0.25, 0.3) is 11.8 Å². The number of hydrogen-bond donors (Lipinski definition) is 2. The number of hydrogen-bond acceptors (Lipinski definition) is 4. The first-order valence-corrected chi connectivity index (χ1v) is 11.0. The highest BCUT2D eigenvalue weighted by Gasteiger charge is 2.30. The lowest BCUT2D eigenvalue weighted by Gasteiger charge is -2.14. The first kappa shape index (κ1) is 25.3. The number of rotatable bonds is 7. The molecule has 2 N–H and O–H groups in total. The van der Waals surface area contributed by atoms with Crippen molar-refractivity contribution >= 4 is 45.8 Å². The number of carbonyl (C=O) groups excluding carboxylic acids is 2. The topological polar surface area (TPSA) is 76.7 Å². The quantitative estimate of drug-likeness (QED) is 0.340. The maximum atomic E-state index is 12.8. The van der Waals surface area contributed by atoms with Crippen molar-refractivity contribution in [3.8, 4) is 11.5 Å². The number of benzene rings is 3. The van der Waals surface area contributed by atoms with Gasteiger partial charge in [0, 0.05) is 20.5 Å². The maximum absolute atomic E-state index is 12.8. The highest BCUT2D eigenvalue weighted by atomic mass is 127. The molecule has 0 saturated carbocycles. The van der Waals surface area contributed by atoms with Gasteiger partial charge in [-0.05, 0) is 89.7 Å². The second kappa shape index (κ2) is 10.8. The van der Waals surface area contributed by atoms with Gasteiger partial charge in [-0.2, -0.15) is 13.2 Å². The normalized spacial score (nSPS) is 11.0. The Balaban J connectivity index is 1.64. The molecule has 0 aliphatic carbocycles. The summed E-state index contributed by atoms with van der Waals surface area (Å²) in [6.45, 7) is 1.42. The average molecular weight is 584 g/mol. The van der Waals surface area contributed by atoms with E-state index in [0.717, 1.165) is 21.3 Å². The average Bonchev–Trinajstić information content (AvgIpc) is 2.79. The van der Waals surface area contributed by atoms with Crippen LogP contribution in [0.25, 0.3) is 0 Å². The molecule has 0 aliphatic rings. The predicted molar refractivity (Wildman–Crippen MR) is 130 cm³/mol. The van der Waals surface area contributed by atoms with Crippen molar-refractivity contribution in [1.82, 2.24) is 0 Å². The van der Waals surface area contributed by atoms with Crippen LogP contribution in [0, 0.1) is 10.5 Å². The molecule has 0 saturated heterocycles. The minimum absolute atomic E-state index is 0.00620. The van der Waals surface area contributed by atoms with Crippen LogP contribution in [0.2, 0.25) is 0 Å². The molecule has 0 atom stereocenters. The molecular weight excluding hydrogens is 564 g/mol. The Morgan fingerprint density at radius 3 is 2.41 bits per heavy atom. The minimum atomic E-state index is -4.52. The third kappa shape index (κ3) is 6.62. The van der Waals surface area contributed by atoms with Crippen molar-refractivity contribution in [1.29, 1.82) is 0 Å². The van der Waals surface area contributed by atoms with Crippen LogP contribution in [0.15, 0.2) is 60.7 Å². The summed E-state index contributed by atoms with van der Waals surface area (Å²) in [4.78, 5) is 24.8. The van der Waals surface area contributed by atoms with E-state index in [-0.39, 0.29) is 23.1 Å². The van der Waals surface area contributed by atoms with Crippen molar-refractivity contribution in [2.24, 2.45) is 0 Å². The summed E-state index contributed by atoms with van der Waals surface area (Å²) in [6.07, 6.45) is -4.52. The van der Waals surface area contributed by atoms with Gasteiger partial charge in [0.1, 0.15) is 0 Å². The zero-order valence-corrected chi connectivity index (χ0v) is 20.3. The maximum Gasteiger partial charge on any atom is 0.416 e. The molecule has 0 heterocycles. The van der Waals surface area contributed by atoms with Crippen LogP contribution in [0.3, 0.4) is 0 Å². The summed E-state index contributed by atoms with van der Waals surface area (Å²) in [5.74, 6) is -0.587. The molecule has 178 valence electrons. The molecule has 6 nitrogen and oxygen atoms in total. The first-order chi connectivity index (χ1) is 16.1. The summed E-state index contributed by atoms with van der Waals surface area (Å²) in [5.41, 5.74) is 1.03. The Hall–Kier alpha value is -3.28. The van der Waals surface area contributed by atoms with Gasteiger partial charge in [-0.25, -0.2) is 0 Å². The number of nitrogens with one attached hydrogen (secondary N) is 2.